The SMILES string of the molecule is CS(=O)(=O)N(CC(=O)NC[C@H]1CCCO1)c1cc(Cl)cc(Cl)c1. The Morgan fingerprint density at radius 3 is 2.52 bits per heavy atom. The van der Waals surface area contributed by atoms with Crippen molar-refractivity contribution in [1.29, 1.82) is 0 Å². The minimum atomic E-state index is -3.66. The Balaban J connectivity index is 2.08. The molecule has 0 saturated carbocycles. The smallest absolute Gasteiger partial charge is 0.240 e. The molecule has 1 fully saturated rings. The van der Waals surface area contributed by atoms with E-state index < -0.39 is 15.9 Å². The van der Waals surface area contributed by atoms with E-state index in [1.165, 1.54) is 18.2 Å². The molecular weight excluding hydrogens is 363 g/mol. The summed E-state index contributed by atoms with van der Waals surface area (Å²) >= 11 is 11.8. The fourth-order valence-corrected chi connectivity index (χ4v) is 3.66. The van der Waals surface area contributed by atoms with E-state index in [-0.39, 0.29) is 18.3 Å². The number of carbonyl (C=O) groups is 1. The quantitative estimate of drug-likeness (QED) is 0.819. The number of nitrogens with zero attached hydrogens (tertiary/aromatic N) is 1. The molecular formula is C14H18Cl2N2O4S. The number of hydrogen-bond donors (Lipinski definition) is 1. The number of sulfonamides is 1. The molecule has 1 saturated heterocycles. The average Bonchev–Trinajstić information content (AvgIpc) is 2.93. The van der Waals surface area contributed by atoms with Gasteiger partial charge >= 0.3 is 0 Å². The van der Waals surface area contributed by atoms with Crippen molar-refractivity contribution in [1.82, 2.24) is 5.32 Å². The van der Waals surface area contributed by atoms with Crippen LogP contribution in [0.4, 0.5) is 5.69 Å². The Morgan fingerprint density at radius 2 is 2.00 bits per heavy atom. The van der Waals surface area contributed by atoms with Crippen molar-refractivity contribution in [2.24, 2.45) is 0 Å². The third-order valence-electron chi connectivity index (χ3n) is 3.37. The van der Waals surface area contributed by atoms with Gasteiger partial charge in [0.2, 0.25) is 15.9 Å². The number of rotatable bonds is 6. The zero-order chi connectivity index (χ0) is 17.0. The molecule has 0 radical (unpaired) electrons. The maximum Gasteiger partial charge on any atom is 0.240 e. The number of nitrogens with one attached hydrogen (secondary N) is 1. The van der Waals surface area contributed by atoms with Crippen molar-refractivity contribution in [3.8, 4) is 0 Å². The van der Waals surface area contributed by atoms with Crippen molar-refractivity contribution >= 4 is 44.8 Å². The van der Waals surface area contributed by atoms with E-state index in [0.29, 0.717) is 23.2 Å². The molecule has 0 aromatic heterocycles. The summed E-state index contributed by atoms with van der Waals surface area (Å²) in [5, 5.41) is 3.28. The molecule has 1 aromatic carbocycles. The topological polar surface area (TPSA) is 75.7 Å². The summed E-state index contributed by atoms with van der Waals surface area (Å²) in [6.07, 6.45) is 2.87. The lowest BCUT2D eigenvalue weighted by molar-refractivity contribution is -0.120. The second-order valence-electron chi connectivity index (χ2n) is 5.34. The van der Waals surface area contributed by atoms with E-state index in [2.05, 4.69) is 5.32 Å². The molecule has 0 unspecified atom stereocenters. The monoisotopic (exact) mass is 380 g/mol. The van der Waals surface area contributed by atoms with Crippen molar-refractivity contribution in [3.05, 3.63) is 28.2 Å². The van der Waals surface area contributed by atoms with Gasteiger partial charge in [-0.1, -0.05) is 23.2 Å². The van der Waals surface area contributed by atoms with Crippen LogP contribution in [0.2, 0.25) is 10.0 Å². The first-order chi connectivity index (χ1) is 10.8. The van der Waals surface area contributed by atoms with E-state index >= 15 is 0 Å². The van der Waals surface area contributed by atoms with Crippen molar-refractivity contribution < 1.29 is 17.9 Å². The zero-order valence-electron chi connectivity index (χ0n) is 12.6. The van der Waals surface area contributed by atoms with Gasteiger partial charge in [0.15, 0.2) is 0 Å². The second-order valence-corrected chi connectivity index (χ2v) is 8.12. The lowest BCUT2D eigenvalue weighted by Crippen LogP contribution is -2.42. The van der Waals surface area contributed by atoms with Crippen molar-refractivity contribution in [2.75, 3.05) is 30.3 Å². The summed E-state index contributed by atoms with van der Waals surface area (Å²) in [6, 6.07) is 4.38. The Morgan fingerprint density at radius 1 is 1.35 bits per heavy atom. The third-order valence-corrected chi connectivity index (χ3v) is 4.95. The van der Waals surface area contributed by atoms with Crippen molar-refractivity contribution in [2.45, 2.75) is 18.9 Å². The van der Waals surface area contributed by atoms with Crippen LogP contribution in [0.15, 0.2) is 18.2 Å². The fraction of sp³-hybridized carbons (Fsp3) is 0.500. The standard InChI is InChI=1S/C14H18Cl2N2O4S/c1-23(20,21)18(12-6-10(15)5-11(16)7-12)9-14(19)17-8-13-3-2-4-22-13/h5-7,13H,2-4,8-9H2,1H3,(H,17,19)/t13-/m1/s1. The minimum Gasteiger partial charge on any atom is -0.376 e. The first-order valence-corrected chi connectivity index (χ1v) is 9.68. The average molecular weight is 381 g/mol. The normalized spacial score (nSPS) is 18.0. The maximum absolute atomic E-state index is 12.1. The van der Waals surface area contributed by atoms with Gasteiger partial charge in [-0.2, -0.15) is 0 Å². The highest BCUT2D eigenvalue weighted by Gasteiger charge is 2.23. The molecule has 1 aliphatic rings. The van der Waals surface area contributed by atoms with Gasteiger partial charge in [-0.3, -0.25) is 9.10 Å². The lowest BCUT2D eigenvalue weighted by Gasteiger charge is -2.22. The van der Waals surface area contributed by atoms with E-state index in [4.69, 9.17) is 27.9 Å². The van der Waals surface area contributed by atoms with Gasteiger partial charge in [0.25, 0.3) is 0 Å². The van der Waals surface area contributed by atoms with Crippen LogP contribution in [-0.2, 0) is 19.6 Å². The molecule has 1 atom stereocenters. The summed E-state index contributed by atoms with van der Waals surface area (Å²) in [4.78, 5) is 12.1. The fourth-order valence-electron chi connectivity index (χ4n) is 2.30. The van der Waals surface area contributed by atoms with Crippen LogP contribution >= 0.6 is 23.2 Å². The molecule has 0 aliphatic carbocycles. The predicted molar refractivity (Wildman–Crippen MR) is 90.6 cm³/mol. The van der Waals surface area contributed by atoms with Crippen LogP contribution in [0.3, 0.4) is 0 Å². The Bertz CT molecular complexity index is 655. The summed E-state index contributed by atoms with van der Waals surface area (Å²) in [5.41, 5.74) is 0.247. The zero-order valence-corrected chi connectivity index (χ0v) is 14.9. The molecule has 128 valence electrons. The van der Waals surface area contributed by atoms with Gasteiger partial charge < -0.3 is 10.1 Å². The van der Waals surface area contributed by atoms with E-state index in [9.17, 15) is 13.2 Å². The van der Waals surface area contributed by atoms with Crippen molar-refractivity contribution in [3.63, 3.8) is 0 Å². The molecule has 0 spiro atoms. The second kappa shape index (κ2) is 7.70. The molecule has 1 N–H and O–H groups in total. The first kappa shape index (κ1) is 18.3. The number of anilines is 1. The first-order valence-electron chi connectivity index (χ1n) is 7.08. The Hall–Kier alpha value is -1.02. The summed E-state index contributed by atoms with van der Waals surface area (Å²) in [7, 11) is -3.66. The summed E-state index contributed by atoms with van der Waals surface area (Å²) < 4.78 is 30.3. The molecule has 1 aliphatic heterocycles. The number of hydrogen-bond acceptors (Lipinski definition) is 4. The lowest BCUT2D eigenvalue weighted by atomic mass is 10.2. The van der Waals surface area contributed by atoms with Crippen LogP contribution < -0.4 is 9.62 Å². The molecule has 1 aromatic rings. The largest absolute Gasteiger partial charge is 0.376 e. The van der Waals surface area contributed by atoms with Crippen LogP contribution in [0.25, 0.3) is 0 Å². The third kappa shape index (κ3) is 5.53. The number of amides is 1. The van der Waals surface area contributed by atoms with Crippen LogP contribution in [0.1, 0.15) is 12.8 Å². The van der Waals surface area contributed by atoms with Gasteiger partial charge in [-0.05, 0) is 31.0 Å². The predicted octanol–water partition coefficient (Wildman–Crippen LogP) is 2.05. The Labute approximate surface area is 145 Å². The highest BCUT2D eigenvalue weighted by molar-refractivity contribution is 7.92. The number of carbonyl (C=O) groups excluding carboxylic acids is 1. The van der Waals surface area contributed by atoms with Gasteiger partial charge in [0.05, 0.1) is 18.0 Å². The highest BCUT2D eigenvalue weighted by atomic mass is 35.5. The van der Waals surface area contributed by atoms with Crippen LogP contribution in [0.5, 0.6) is 0 Å². The molecule has 0 bridgehead atoms. The van der Waals surface area contributed by atoms with Crippen LogP contribution in [0, 0.1) is 0 Å². The van der Waals surface area contributed by atoms with E-state index in [1.807, 2.05) is 0 Å². The molecule has 9 heteroatoms. The molecule has 23 heavy (non-hydrogen) atoms. The highest BCUT2D eigenvalue weighted by Crippen LogP contribution is 2.26. The van der Waals surface area contributed by atoms with E-state index in [1.54, 1.807) is 0 Å². The van der Waals surface area contributed by atoms with E-state index in [0.717, 1.165) is 23.4 Å². The Kier molecular flexibility index (Phi) is 6.13. The number of halogens is 2. The molecule has 1 amide bonds. The van der Waals surface area contributed by atoms with Gasteiger partial charge in [-0.15, -0.1) is 0 Å². The summed E-state index contributed by atoms with van der Waals surface area (Å²) in [5.74, 6) is -0.415. The van der Waals surface area contributed by atoms with Gasteiger partial charge in [0, 0.05) is 23.2 Å². The number of ether oxygens (including phenoxy) is 1. The summed E-state index contributed by atoms with van der Waals surface area (Å²) in [6.45, 7) is 0.714. The maximum atomic E-state index is 12.1. The minimum absolute atomic E-state index is 0.00810. The molecule has 2 rings (SSSR count). The molecule has 6 nitrogen and oxygen atoms in total. The van der Waals surface area contributed by atoms with Crippen LogP contribution in [-0.4, -0.2) is 46.4 Å². The molecule has 1 heterocycles. The van der Waals surface area contributed by atoms with Gasteiger partial charge in [-0.25, -0.2) is 8.42 Å². The van der Waals surface area contributed by atoms with Gasteiger partial charge in [0.1, 0.15) is 6.54 Å². The number of benzene rings is 1.